The molecule has 2 aliphatic rings. The lowest BCUT2D eigenvalue weighted by Gasteiger charge is -2.34. The number of piperazine rings is 1. The zero-order valence-corrected chi connectivity index (χ0v) is 11.8. The molecule has 0 radical (unpaired) electrons. The Labute approximate surface area is 112 Å². The number of hydrogen-bond donors (Lipinski definition) is 1. The highest BCUT2D eigenvalue weighted by Gasteiger charge is 2.16. The number of nitrogens with zero attached hydrogens (tertiary/aromatic N) is 3. The maximum Gasteiger partial charge on any atom is 0.0110 e. The van der Waals surface area contributed by atoms with Gasteiger partial charge in [0.05, 0.1) is 0 Å². The summed E-state index contributed by atoms with van der Waals surface area (Å²) in [4.78, 5) is 7.82. The van der Waals surface area contributed by atoms with Gasteiger partial charge in [-0.05, 0) is 65.0 Å². The molecule has 106 valence electrons. The summed E-state index contributed by atoms with van der Waals surface area (Å²) in [5.41, 5.74) is 5.56. The molecule has 0 aliphatic carbocycles. The number of likely N-dealkylation sites (tertiary alicyclic amines) is 1. The van der Waals surface area contributed by atoms with Crippen LogP contribution in [0.3, 0.4) is 0 Å². The van der Waals surface area contributed by atoms with E-state index >= 15 is 0 Å². The second kappa shape index (κ2) is 8.10. The van der Waals surface area contributed by atoms with Gasteiger partial charge in [0.25, 0.3) is 0 Å². The summed E-state index contributed by atoms with van der Waals surface area (Å²) in [5, 5.41) is 0. The van der Waals surface area contributed by atoms with Crippen LogP contribution in [0.15, 0.2) is 0 Å². The third kappa shape index (κ3) is 4.84. The lowest BCUT2D eigenvalue weighted by atomic mass is 10.2. The maximum atomic E-state index is 5.56. The van der Waals surface area contributed by atoms with Gasteiger partial charge in [-0.3, -0.25) is 0 Å². The summed E-state index contributed by atoms with van der Waals surface area (Å²) < 4.78 is 0. The van der Waals surface area contributed by atoms with Gasteiger partial charge in [-0.25, -0.2) is 0 Å². The molecular weight excluding hydrogens is 224 g/mol. The molecule has 2 fully saturated rings. The highest BCUT2D eigenvalue weighted by Crippen LogP contribution is 2.08. The summed E-state index contributed by atoms with van der Waals surface area (Å²) >= 11 is 0. The molecule has 0 spiro atoms. The lowest BCUT2D eigenvalue weighted by molar-refractivity contribution is 0.127. The first kappa shape index (κ1) is 14.3. The summed E-state index contributed by atoms with van der Waals surface area (Å²) in [6.07, 6.45) is 5.33. The molecule has 2 saturated heterocycles. The van der Waals surface area contributed by atoms with Crippen molar-refractivity contribution < 1.29 is 0 Å². The van der Waals surface area contributed by atoms with Crippen molar-refractivity contribution in [2.45, 2.75) is 25.7 Å². The monoisotopic (exact) mass is 254 g/mol. The van der Waals surface area contributed by atoms with E-state index in [4.69, 9.17) is 5.73 Å². The van der Waals surface area contributed by atoms with Gasteiger partial charge >= 0.3 is 0 Å². The van der Waals surface area contributed by atoms with Crippen LogP contribution in [0.25, 0.3) is 0 Å². The van der Waals surface area contributed by atoms with Gasteiger partial charge in [-0.1, -0.05) is 0 Å². The molecule has 0 unspecified atom stereocenters. The average molecular weight is 254 g/mol. The highest BCUT2D eigenvalue weighted by atomic mass is 15.3. The highest BCUT2D eigenvalue weighted by molar-refractivity contribution is 4.73. The van der Waals surface area contributed by atoms with Gasteiger partial charge in [0.2, 0.25) is 0 Å². The van der Waals surface area contributed by atoms with E-state index in [0.717, 1.165) is 13.0 Å². The number of rotatable bonds is 7. The van der Waals surface area contributed by atoms with E-state index in [1.807, 2.05) is 0 Å². The quantitative estimate of drug-likeness (QED) is 0.715. The van der Waals surface area contributed by atoms with Crippen LogP contribution in [0.4, 0.5) is 0 Å². The molecule has 18 heavy (non-hydrogen) atoms. The van der Waals surface area contributed by atoms with Crippen LogP contribution in [-0.4, -0.2) is 80.1 Å². The Balaban J connectivity index is 1.50. The minimum absolute atomic E-state index is 0.829. The summed E-state index contributed by atoms with van der Waals surface area (Å²) in [5.74, 6) is 0. The third-order valence-electron chi connectivity index (χ3n) is 4.29. The van der Waals surface area contributed by atoms with Gasteiger partial charge in [0, 0.05) is 26.2 Å². The van der Waals surface area contributed by atoms with Gasteiger partial charge in [0.1, 0.15) is 0 Å². The van der Waals surface area contributed by atoms with E-state index in [1.165, 1.54) is 78.2 Å². The molecule has 2 aliphatic heterocycles. The number of hydrogen-bond acceptors (Lipinski definition) is 4. The fourth-order valence-electron chi connectivity index (χ4n) is 3.08. The molecule has 4 heteroatoms. The largest absolute Gasteiger partial charge is 0.330 e. The van der Waals surface area contributed by atoms with E-state index < -0.39 is 0 Å². The van der Waals surface area contributed by atoms with Crippen LogP contribution in [0.5, 0.6) is 0 Å². The van der Waals surface area contributed by atoms with Gasteiger partial charge < -0.3 is 20.4 Å². The SMILES string of the molecule is NCCCN1CCN(CCCN2CCCC2)CC1. The summed E-state index contributed by atoms with van der Waals surface area (Å²) in [6, 6.07) is 0. The van der Waals surface area contributed by atoms with E-state index in [2.05, 4.69) is 14.7 Å². The van der Waals surface area contributed by atoms with Crippen LogP contribution in [0, 0.1) is 0 Å². The minimum Gasteiger partial charge on any atom is -0.330 e. The van der Waals surface area contributed by atoms with Crippen LogP contribution in [0.2, 0.25) is 0 Å². The van der Waals surface area contributed by atoms with Crippen molar-refractivity contribution in [2.24, 2.45) is 5.73 Å². The molecule has 0 aromatic rings. The van der Waals surface area contributed by atoms with Crippen molar-refractivity contribution in [1.29, 1.82) is 0 Å². The van der Waals surface area contributed by atoms with E-state index in [-0.39, 0.29) is 0 Å². The Morgan fingerprint density at radius 2 is 1.06 bits per heavy atom. The topological polar surface area (TPSA) is 35.7 Å². The van der Waals surface area contributed by atoms with Crippen molar-refractivity contribution in [1.82, 2.24) is 14.7 Å². The predicted molar refractivity (Wildman–Crippen MR) is 76.8 cm³/mol. The first-order chi connectivity index (χ1) is 8.88. The molecular formula is C14H30N4. The Hall–Kier alpha value is -0.160. The van der Waals surface area contributed by atoms with Crippen molar-refractivity contribution in [3.8, 4) is 0 Å². The molecule has 0 bridgehead atoms. The van der Waals surface area contributed by atoms with Crippen LogP contribution < -0.4 is 5.73 Å². The standard InChI is InChI=1S/C14H30N4/c15-5-3-8-17-11-13-18(14-12-17)10-4-9-16-6-1-2-7-16/h1-15H2. The van der Waals surface area contributed by atoms with Crippen molar-refractivity contribution in [3.63, 3.8) is 0 Å². The van der Waals surface area contributed by atoms with E-state index in [1.54, 1.807) is 0 Å². The second-order valence-electron chi connectivity index (χ2n) is 5.73. The normalized spacial score (nSPS) is 23.8. The third-order valence-corrected chi connectivity index (χ3v) is 4.29. The van der Waals surface area contributed by atoms with Crippen molar-refractivity contribution >= 4 is 0 Å². The zero-order valence-electron chi connectivity index (χ0n) is 11.8. The number of nitrogens with two attached hydrogens (primary N) is 1. The average Bonchev–Trinajstić information content (AvgIpc) is 2.91. The van der Waals surface area contributed by atoms with Gasteiger partial charge in [0.15, 0.2) is 0 Å². The maximum absolute atomic E-state index is 5.56. The lowest BCUT2D eigenvalue weighted by Crippen LogP contribution is -2.47. The van der Waals surface area contributed by atoms with Gasteiger partial charge in [-0.15, -0.1) is 0 Å². The Morgan fingerprint density at radius 1 is 0.611 bits per heavy atom. The summed E-state index contributed by atoms with van der Waals surface area (Å²) in [6.45, 7) is 12.3. The van der Waals surface area contributed by atoms with E-state index in [9.17, 15) is 0 Å². The van der Waals surface area contributed by atoms with Crippen molar-refractivity contribution in [2.75, 3.05) is 65.4 Å². The minimum atomic E-state index is 0.829. The smallest absolute Gasteiger partial charge is 0.0110 e. The predicted octanol–water partition coefficient (Wildman–Crippen LogP) is 0.439. The Bertz CT molecular complexity index is 208. The second-order valence-corrected chi connectivity index (χ2v) is 5.73. The fraction of sp³-hybridized carbons (Fsp3) is 1.00. The van der Waals surface area contributed by atoms with Crippen LogP contribution in [-0.2, 0) is 0 Å². The Kier molecular flexibility index (Phi) is 6.41. The molecule has 0 aromatic carbocycles. The zero-order chi connectivity index (χ0) is 12.6. The molecule has 4 nitrogen and oxygen atoms in total. The van der Waals surface area contributed by atoms with Crippen LogP contribution >= 0.6 is 0 Å². The fourth-order valence-corrected chi connectivity index (χ4v) is 3.08. The molecule has 0 saturated carbocycles. The Morgan fingerprint density at radius 3 is 1.56 bits per heavy atom. The molecule has 0 aromatic heterocycles. The van der Waals surface area contributed by atoms with E-state index in [0.29, 0.717) is 0 Å². The van der Waals surface area contributed by atoms with Gasteiger partial charge in [-0.2, -0.15) is 0 Å². The molecule has 0 atom stereocenters. The molecule has 2 N–H and O–H groups in total. The molecule has 2 rings (SSSR count). The molecule has 0 amide bonds. The summed E-state index contributed by atoms with van der Waals surface area (Å²) in [7, 11) is 0. The first-order valence-electron chi connectivity index (χ1n) is 7.75. The molecule has 2 heterocycles. The van der Waals surface area contributed by atoms with Crippen LogP contribution in [0.1, 0.15) is 25.7 Å². The first-order valence-corrected chi connectivity index (χ1v) is 7.75. The van der Waals surface area contributed by atoms with Crippen molar-refractivity contribution in [3.05, 3.63) is 0 Å².